The van der Waals surface area contributed by atoms with Crippen LogP contribution in [0.4, 0.5) is 5.95 Å². The van der Waals surface area contributed by atoms with Gasteiger partial charge in [-0.3, -0.25) is 0 Å². The van der Waals surface area contributed by atoms with Crippen LogP contribution in [-0.2, 0) is 0 Å². The molecule has 60 valence electrons. The summed E-state index contributed by atoms with van der Waals surface area (Å²) in [5.74, 6) is -0.0730. The first kappa shape index (κ1) is 6.71. The monoisotopic (exact) mass is 163 g/mol. The molecule has 0 aliphatic carbocycles. The lowest BCUT2D eigenvalue weighted by Crippen LogP contribution is -2.33. The molecule has 2 N–H and O–H groups in total. The SMILES string of the molecule is Nc1nc2ncccc2[n+]([O-])n1. The zero-order valence-electron chi connectivity index (χ0n) is 6.01. The van der Waals surface area contributed by atoms with E-state index in [4.69, 9.17) is 5.73 Å². The van der Waals surface area contributed by atoms with E-state index in [-0.39, 0.29) is 5.95 Å². The molecule has 0 unspecified atom stereocenters. The predicted molar refractivity (Wildman–Crippen MR) is 40.7 cm³/mol. The van der Waals surface area contributed by atoms with Gasteiger partial charge in [-0.2, -0.15) is 4.98 Å². The first-order chi connectivity index (χ1) is 5.77. The maximum absolute atomic E-state index is 11.0. The molecule has 0 aromatic carbocycles. The van der Waals surface area contributed by atoms with Gasteiger partial charge in [0.2, 0.25) is 5.65 Å². The first-order valence-corrected chi connectivity index (χ1v) is 3.25. The molecule has 2 aromatic heterocycles. The van der Waals surface area contributed by atoms with Crippen molar-refractivity contribution in [2.75, 3.05) is 5.73 Å². The summed E-state index contributed by atoms with van der Waals surface area (Å²) in [6, 6.07) is 3.21. The number of fused-ring (bicyclic) bond motifs is 1. The number of aromatic nitrogens is 4. The molecule has 0 atom stereocenters. The van der Waals surface area contributed by atoms with Gasteiger partial charge in [0, 0.05) is 12.3 Å². The highest BCUT2D eigenvalue weighted by molar-refractivity contribution is 5.65. The number of nitrogens with zero attached hydrogens (tertiary/aromatic N) is 4. The van der Waals surface area contributed by atoms with E-state index in [0.29, 0.717) is 16.0 Å². The van der Waals surface area contributed by atoms with Gasteiger partial charge in [-0.1, -0.05) is 0 Å². The minimum absolute atomic E-state index is 0.0730. The Morgan fingerprint density at radius 3 is 3.17 bits per heavy atom. The Labute approximate surface area is 67.3 Å². The highest BCUT2D eigenvalue weighted by Crippen LogP contribution is 2.01. The standard InChI is InChI=1S/C6H5N5O/c7-6-9-5-4(11(12)10-6)2-1-3-8-5/h1-3H,(H2,7,8,9,10). The number of nitrogens with two attached hydrogens (primary N) is 1. The Morgan fingerprint density at radius 2 is 2.33 bits per heavy atom. The largest absolute Gasteiger partial charge is 0.594 e. The third-order valence-electron chi connectivity index (χ3n) is 1.39. The maximum atomic E-state index is 11.0. The Balaban J connectivity index is 2.89. The fraction of sp³-hybridized carbons (Fsp3) is 0. The lowest BCUT2D eigenvalue weighted by atomic mass is 10.4. The fourth-order valence-corrected chi connectivity index (χ4v) is 0.902. The second-order valence-electron chi connectivity index (χ2n) is 2.19. The number of pyridine rings is 1. The van der Waals surface area contributed by atoms with Gasteiger partial charge >= 0.3 is 0 Å². The number of anilines is 1. The van der Waals surface area contributed by atoms with Crippen molar-refractivity contribution in [1.82, 2.24) is 15.1 Å². The van der Waals surface area contributed by atoms with Crippen LogP contribution in [0.15, 0.2) is 18.3 Å². The summed E-state index contributed by atoms with van der Waals surface area (Å²) in [6.45, 7) is 0. The Hall–Kier alpha value is -1.98. The molecule has 0 saturated heterocycles. The van der Waals surface area contributed by atoms with Crippen LogP contribution >= 0.6 is 0 Å². The van der Waals surface area contributed by atoms with E-state index < -0.39 is 0 Å². The van der Waals surface area contributed by atoms with Gasteiger partial charge in [0.25, 0.3) is 11.5 Å². The van der Waals surface area contributed by atoms with Gasteiger partial charge in [-0.25, -0.2) is 4.98 Å². The fourth-order valence-electron chi connectivity index (χ4n) is 0.902. The van der Waals surface area contributed by atoms with Crippen LogP contribution in [0.25, 0.3) is 11.2 Å². The van der Waals surface area contributed by atoms with E-state index in [1.54, 1.807) is 12.1 Å². The van der Waals surface area contributed by atoms with E-state index >= 15 is 0 Å². The molecule has 2 rings (SSSR count). The number of hydrogen-bond acceptors (Lipinski definition) is 5. The van der Waals surface area contributed by atoms with Gasteiger partial charge in [0.15, 0.2) is 0 Å². The molecule has 0 saturated carbocycles. The number of hydrogen-bond donors (Lipinski definition) is 1. The zero-order chi connectivity index (χ0) is 8.55. The zero-order valence-corrected chi connectivity index (χ0v) is 6.01. The first-order valence-electron chi connectivity index (χ1n) is 3.25. The van der Waals surface area contributed by atoms with Gasteiger partial charge in [0.05, 0.1) is 5.10 Å². The molecule has 0 aliphatic rings. The third-order valence-corrected chi connectivity index (χ3v) is 1.39. The lowest BCUT2D eigenvalue weighted by molar-refractivity contribution is -0.641. The van der Waals surface area contributed by atoms with Crippen molar-refractivity contribution < 1.29 is 4.85 Å². The van der Waals surface area contributed by atoms with Crippen LogP contribution < -0.4 is 10.6 Å². The number of nitrogen functional groups attached to an aromatic ring is 1. The van der Waals surface area contributed by atoms with Crippen molar-refractivity contribution in [1.29, 1.82) is 0 Å². The minimum atomic E-state index is -0.0730. The summed E-state index contributed by atoms with van der Waals surface area (Å²) in [6.07, 6.45) is 1.54. The van der Waals surface area contributed by atoms with E-state index in [1.165, 1.54) is 6.20 Å². The van der Waals surface area contributed by atoms with E-state index in [1.807, 2.05) is 0 Å². The molecule has 6 nitrogen and oxygen atoms in total. The van der Waals surface area contributed by atoms with Crippen LogP contribution in [0.3, 0.4) is 0 Å². The van der Waals surface area contributed by atoms with Crippen LogP contribution in [0.5, 0.6) is 0 Å². The average Bonchev–Trinajstić information content (AvgIpc) is 2.04. The highest BCUT2D eigenvalue weighted by Gasteiger charge is 2.07. The van der Waals surface area contributed by atoms with E-state index in [0.717, 1.165) is 0 Å². The molecule has 0 spiro atoms. The molecule has 0 bridgehead atoms. The molecule has 0 aliphatic heterocycles. The molecule has 0 radical (unpaired) electrons. The van der Waals surface area contributed by atoms with Crippen molar-refractivity contribution >= 4 is 17.1 Å². The van der Waals surface area contributed by atoms with Gasteiger partial charge in [-0.15, -0.1) is 0 Å². The molecule has 0 fully saturated rings. The second kappa shape index (κ2) is 2.26. The van der Waals surface area contributed by atoms with Gasteiger partial charge < -0.3 is 10.9 Å². The predicted octanol–water partition coefficient (Wildman–Crippen LogP) is -0.760. The van der Waals surface area contributed by atoms with Crippen molar-refractivity contribution in [2.24, 2.45) is 0 Å². The van der Waals surface area contributed by atoms with Gasteiger partial charge in [0.1, 0.15) is 0 Å². The van der Waals surface area contributed by atoms with E-state index in [9.17, 15) is 5.21 Å². The summed E-state index contributed by atoms with van der Waals surface area (Å²) in [4.78, 5) is 8.03. The minimum Gasteiger partial charge on any atom is -0.594 e. The molecule has 12 heavy (non-hydrogen) atoms. The Bertz CT molecular complexity index is 429. The highest BCUT2D eigenvalue weighted by atomic mass is 16.5. The lowest BCUT2D eigenvalue weighted by Gasteiger charge is -1.96. The van der Waals surface area contributed by atoms with Gasteiger partial charge in [-0.05, 0) is 10.9 Å². The summed E-state index contributed by atoms with van der Waals surface area (Å²) >= 11 is 0. The van der Waals surface area contributed by atoms with Crippen molar-refractivity contribution in [2.45, 2.75) is 0 Å². The topological polar surface area (TPSA) is 91.6 Å². The molecular formula is C6H5N5O. The normalized spacial score (nSPS) is 10.3. The molecule has 0 amide bonds. The van der Waals surface area contributed by atoms with Crippen molar-refractivity contribution in [3.05, 3.63) is 23.5 Å². The quantitative estimate of drug-likeness (QED) is 0.407. The Kier molecular flexibility index (Phi) is 1.26. The summed E-state index contributed by atoms with van der Waals surface area (Å²) in [5, 5.41) is 14.4. The smallest absolute Gasteiger partial charge is 0.289 e. The summed E-state index contributed by atoms with van der Waals surface area (Å²) in [5.41, 5.74) is 5.86. The van der Waals surface area contributed by atoms with Crippen molar-refractivity contribution in [3.8, 4) is 0 Å². The average molecular weight is 163 g/mol. The third kappa shape index (κ3) is 0.895. The summed E-state index contributed by atoms with van der Waals surface area (Å²) < 4.78 is 0. The van der Waals surface area contributed by atoms with Crippen molar-refractivity contribution in [3.63, 3.8) is 0 Å². The summed E-state index contributed by atoms with van der Waals surface area (Å²) in [7, 11) is 0. The Morgan fingerprint density at radius 1 is 1.50 bits per heavy atom. The van der Waals surface area contributed by atoms with Crippen LogP contribution in [0, 0.1) is 5.21 Å². The molecule has 2 heterocycles. The number of rotatable bonds is 0. The maximum Gasteiger partial charge on any atom is 0.289 e. The molecule has 6 heteroatoms. The van der Waals surface area contributed by atoms with Crippen LogP contribution in [0.1, 0.15) is 0 Å². The van der Waals surface area contributed by atoms with Crippen LogP contribution in [-0.4, -0.2) is 15.1 Å². The van der Waals surface area contributed by atoms with Crippen LogP contribution in [0.2, 0.25) is 0 Å². The molecular weight excluding hydrogens is 158 g/mol. The van der Waals surface area contributed by atoms with E-state index in [2.05, 4.69) is 15.1 Å². The molecule has 2 aromatic rings. The second-order valence-corrected chi connectivity index (χ2v) is 2.19.